The predicted octanol–water partition coefficient (Wildman–Crippen LogP) is 3.16. The molecule has 0 aliphatic carbocycles. The second kappa shape index (κ2) is 4.42. The first-order valence-electron chi connectivity index (χ1n) is 4.39. The lowest BCUT2D eigenvalue weighted by Crippen LogP contribution is -2.18. The minimum Gasteiger partial charge on any atom is -0.493 e. The molecule has 84 valence electrons. The highest BCUT2D eigenvalue weighted by molar-refractivity contribution is 5.46. The van der Waals surface area contributed by atoms with Crippen LogP contribution in [0.4, 0.5) is 13.2 Å². The average Bonchev–Trinajstić information content (AvgIpc) is 2.16. The van der Waals surface area contributed by atoms with Crippen molar-refractivity contribution in [3.63, 3.8) is 0 Å². The number of aryl methyl sites for hydroxylation is 1. The van der Waals surface area contributed by atoms with Gasteiger partial charge in [0.2, 0.25) is 0 Å². The van der Waals surface area contributed by atoms with Gasteiger partial charge in [-0.15, -0.1) is 13.2 Å². The van der Waals surface area contributed by atoms with Crippen LogP contribution in [0.2, 0.25) is 0 Å². The molecule has 15 heavy (non-hydrogen) atoms. The number of ether oxygens (including phenoxy) is 2. The van der Waals surface area contributed by atoms with Crippen LogP contribution in [0.25, 0.3) is 0 Å². The van der Waals surface area contributed by atoms with Crippen molar-refractivity contribution in [2.45, 2.75) is 19.7 Å². The van der Waals surface area contributed by atoms with Gasteiger partial charge in [-0.3, -0.25) is 0 Å². The van der Waals surface area contributed by atoms with E-state index in [1.54, 1.807) is 19.1 Å². The van der Waals surface area contributed by atoms with Crippen molar-refractivity contribution in [3.05, 3.63) is 23.8 Å². The Bertz CT molecular complexity index is 312. The van der Waals surface area contributed by atoms with E-state index in [1.165, 1.54) is 13.2 Å². The fourth-order valence-corrected chi connectivity index (χ4v) is 1.23. The van der Waals surface area contributed by atoms with Crippen LogP contribution < -0.4 is 9.47 Å². The zero-order chi connectivity index (χ0) is 11.5. The smallest absolute Gasteiger partial charge is 0.493 e. The number of alkyl halides is 3. The topological polar surface area (TPSA) is 18.5 Å². The molecule has 2 nitrogen and oxygen atoms in total. The fraction of sp³-hybridized carbons (Fsp3) is 0.400. The summed E-state index contributed by atoms with van der Waals surface area (Å²) >= 11 is 0. The van der Waals surface area contributed by atoms with Gasteiger partial charge in [0.1, 0.15) is 0 Å². The van der Waals surface area contributed by atoms with E-state index in [0.717, 1.165) is 0 Å². The van der Waals surface area contributed by atoms with Gasteiger partial charge >= 0.3 is 6.36 Å². The molecule has 0 amide bonds. The minimum atomic E-state index is -4.70. The minimum absolute atomic E-state index is 0.0895. The summed E-state index contributed by atoms with van der Waals surface area (Å²) in [7, 11) is 1.30. The molecule has 0 aliphatic rings. The van der Waals surface area contributed by atoms with Crippen LogP contribution in [0, 0.1) is 0 Å². The van der Waals surface area contributed by atoms with Gasteiger partial charge in [-0.25, -0.2) is 0 Å². The molecule has 0 aromatic heterocycles. The number of methoxy groups -OCH3 is 1. The normalized spacial score (nSPS) is 11.3. The van der Waals surface area contributed by atoms with Gasteiger partial charge in [0, 0.05) is 0 Å². The third-order valence-electron chi connectivity index (χ3n) is 1.88. The number of para-hydroxylation sites is 1. The van der Waals surface area contributed by atoms with E-state index in [9.17, 15) is 13.2 Å². The molecule has 0 radical (unpaired) electrons. The Balaban J connectivity index is 3.11. The van der Waals surface area contributed by atoms with Crippen LogP contribution in [0.15, 0.2) is 18.2 Å². The summed E-state index contributed by atoms with van der Waals surface area (Å²) < 4.78 is 45.0. The number of halogens is 3. The van der Waals surface area contributed by atoms with Gasteiger partial charge in [-0.05, 0) is 18.1 Å². The number of rotatable bonds is 3. The Kier molecular flexibility index (Phi) is 3.44. The van der Waals surface area contributed by atoms with E-state index in [4.69, 9.17) is 4.74 Å². The molecule has 0 saturated carbocycles. The molecular weight excluding hydrogens is 209 g/mol. The monoisotopic (exact) mass is 220 g/mol. The molecule has 1 rings (SSSR count). The van der Waals surface area contributed by atoms with Crippen LogP contribution in [0.1, 0.15) is 12.5 Å². The van der Waals surface area contributed by atoms with Gasteiger partial charge in [0.25, 0.3) is 0 Å². The molecule has 0 atom stereocenters. The molecule has 1 aromatic carbocycles. The first kappa shape index (κ1) is 11.7. The zero-order valence-electron chi connectivity index (χ0n) is 8.39. The lowest BCUT2D eigenvalue weighted by atomic mass is 10.1. The van der Waals surface area contributed by atoms with Crippen LogP contribution in [-0.2, 0) is 6.42 Å². The predicted molar refractivity (Wildman–Crippen MR) is 49.1 cm³/mol. The van der Waals surface area contributed by atoms with E-state index in [-0.39, 0.29) is 11.5 Å². The molecule has 0 aliphatic heterocycles. The van der Waals surface area contributed by atoms with Crippen LogP contribution in [0.5, 0.6) is 11.5 Å². The highest BCUT2D eigenvalue weighted by Gasteiger charge is 2.33. The van der Waals surface area contributed by atoms with E-state index in [1.807, 2.05) is 0 Å². The summed E-state index contributed by atoms with van der Waals surface area (Å²) in [6.45, 7) is 1.75. The van der Waals surface area contributed by atoms with Crippen LogP contribution in [0.3, 0.4) is 0 Å². The molecule has 0 N–H and O–H groups in total. The largest absolute Gasteiger partial charge is 0.573 e. The quantitative estimate of drug-likeness (QED) is 0.779. The molecule has 0 heterocycles. The van der Waals surface area contributed by atoms with Crippen molar-refractivity contribution in [1.82, 2.24) is 0 Å². The van der Waals surface area contributed by atoms with Gasteiger partial charge in [-0.2, -0.15) is 0 Å². The average molecular weight is 220 g/mol. The Morgan fingerprint density at radius 2 is 1.93 bits per heavy atom. The summed E-state index contributed by atoms with van der Waals surface area (Å²) in [5.74, 6) is -0.165. The van der Waals surface area contributed by atoms with Crippen molar-refractivity contribution >= 4 is 0 Å². The Morgan fingerprint density at radius 1 is 1.27 bits per heavy atom. The summed E-state index contributed by atoms with van der Waals surface area (Å²) in [5.41, 5.74) is 0.465. The summed E-state index contributed by atoms with van der Waals surface area (Å²) in [6, 6.07) is 4.63. The molecular formula is C10H11F3O2. The van der Waals surface area contributed by atoms with Crippen molar-refractivity contribution < 1.29 is 22.6 Å². The first-order chi connectivity index (χ1) is 6.98. The van der Waals surface area contributed by atoms with Crippen molar-refractivity contribution in [1.29, 1.82) is 0 Å². The lowest BCUT2D eigenvalue weighted by molar-refractivity contribution is -0.275. The van der Waals surface area contributed by atoms with Gasteiger partial charge < -0.3 is 9.47 Å². The van der Waals surface area contributed by atoms with E-state index in [0.29, 0.717) is 12.0 Å². The van der Waals surface area contributed by atoms with Gasteiger partial charge in [0.05, 0.1) is 7.11 Å². The van der Waals surface area contributed by atoms with Crippen LogP contribution in [-0.4, -0.2) is 13.5 Å². The standard InChI is InChI=1S/C10H11F3O2/c1-3-7-5-4-6-8(14-2)9(7)15-10(11,12)13/h4-6H,3H2,1-2H3. The molecule has 0 bridgehead atoms. The highest BCUT2D eigenvalue weighted by atomic mass is 19.4. The molecule has 0 unspecified atom stereocenters. The van der Waals surface area contributed by atoms with Crippen molar-refractivity contribution in [2.24, 2.45) is 0 Å². The molecule has 0 spiro atoms. The van der Waals surface area contributed by atoms with Crippen molar-refractivity contribution in [2.75, 3.05) is 7.11 Å². The van der Waals surface area contributed by atoms with E-state index in [2.05, 4.69) is 4.74 Å². The highest BCUT2D eigenvalue weighted by Crippen LogP contribution is 2.35. The number of hydrogen-bond donors (Lipinski definition) is 0. The Morgan fingerprint density at radius 3 is 2.40 bits per heavy atom. The fourth-order valence-electron chi connectivity index (χ4n) is 1.23. The van der Waals surface area contributed by atoms with Gasteiger partial charge in [-0.1, -0.05) is 19.1 Å². The van der Waals surface area contributed by atoms with Gasteiger partial charge in [0.15, 0.2) is 11.5 Å². The van der Waals surface area contributed by atoms with Crippen molar-refractivity contribution in [3.8, 4) is 11.5 Å². The number of hydrogen-bond acceptors (Lipinski definition) is 2. The zero-order valence-corrected chi connectivity index (χ0v) is 8.39. The molecule has 0 saturated heterocycles. The molecule has 1 aromatic rings. The second-order valence-electron chi connectivity index (χ2n) is 2.85. The third-order valence-corrected chi connectivity index (χ3v) is 1.88. The maximum atomic E-state index is 12.1. The maximum absolute atomic E-state index is 12.1. The van der Waals surface area contributed by atoms with Crippen LogP contribution >= 0.6 is 0 Å². The Labute approximate surface area is 85.6 Å². The summed E-state index contributed by atoms with van der Waals surface area (Å²) in [4.78, 5) is 0. The maximum Gasteiger partial charge on any atom is 0.573 e. The molecule has 0 fully saturated rings. The number of benzene rings is 1. The van der Waals surface area contributed by atoms with E-state index < -0.39 is 6.36 Å². The summed E-state index contributed by atoms with van der Waals surface area (Å²) in [5, 5.41) is 0. The first-order valence-corrected chi connectivity index (χ1v) is 4.39. The molecule has 5 heteroatoms. The third kappa shape index (κ3) is 3.04. The van der Waals surface area contributed by atoms with E-state index >= 15 is 0 Å². The SMILES string of the molecule is CCc1cccc(OC)c1OC(F)(F)F. The lowest BCUT2D eigenvalue weighted by Gasteiger charge is -2.15. The Hall–Kier alpha value is -1.39. The second-order valence-corrected chi connectivity index (χ2v) is 2.85. The summed E-state index contributed by atoms with van der Waals surface area (Å²) in [6.07, 6.45) is -4.25.